The summed E-state index contributed by atoms with van der Waals surface area (Å²) in [5, 5.41) is 9.29. The molecule has 1 rings (SSSR count). The van der Waals surface area contributed by atoms with E-state index in [0.29, 0.717) is 17.9 Å². The van der Waals surface area contributed by atoms with Gasteiger partial charge in [0.2, 0.25) is 0 Å². The molecule has 5 heteroatoms. The highest BCUT2D eigenvalue weighted by molar-refractivity contribution is 7.91. The molecule has 0 aliphatic carbocycles. The summed E-state index contributed by atoms with van der Waals surface area (Å²) in [6, 6.07) is 6.99. The molecule has 18 heavy (non-hydrogen) atoms. The summed E-state index contributed by atoms with van der Waals surface area (Å²) in [6.45, 7) is 4.02. The fraction of sp³-hybridized carbons (Fsp3) is 0.538. The maximum atomic E-state index is 11.5. The molecule has 0 aromatic heterocycles. The molecular weight excluding hydrogens is 252 g/mol. The van der Waals surface area contributed by atoms with Gasteiger partial charge >= 0.3 is 0 Å². The van der Waals surface area contributed by atoms with Gasteiger partial charge in [0.05, 0.1) is 18.0 Å². The lowest BCUT2D eigenvalue weighted by Gasteiger charge is -2.20. The van der Waals surface area contributed by atoms with Gasteiger partial charge in [-0.3, -0.25) is 0 Å². The monoisotopic (exact) mass is 272 g/mol. The van der Waals surface area contributed by atoms with Crippen molar-refractivity contribution in [3.05, 3.63) is 29.8 Å². The van der Waals surface area contributed by atoms with Crippen LogP contribution in [-0.2, 0) is 9.84 Å². The lowest BCUT2D eigenvalue weighted by Crippen LogP contribution is -2.24. The fourth-order valence-corrected chi connectivity index (χ4v) is 2.17. The van der Waals surface area contributed by atoms with Crippen LogP contribution in [0.2, 0.25) is 0 Å². The summed E-state index contributed by atoms with van der Waals surface area (Å²) >= 11 is 0. The zero-order chi connectivity index (χ0) is 13.8. The van der Waals surface area contributed by atoms with E-state index in [-0.39, 0.29) is 0 Å². The van der Waals surface area contributed by atoms with Gasteiger partial charge < -0.3 is 9.84 Å². The maximum Gasteiger partial charge on any atom is 0.152 e. The first-order chi connectivity index (χ1) is 8.38. The third-order valence-electron chi connectivity index (χ3n) is 2.82. The van der Waals surface area contributed by atoms with Gasteiger partial charge in [-0.25, -0.2) is 8.42 Å². The number of aliphatic hydroxyl groups excluding tert-OH is 1. The molecule has 0 saturated heterocycles. The highest BCUT2D eigenvalue weighted by Crippen LogP contribution is 2.29. The van der Waals surface area contributed by atoms with E-state index in [4.69, 9.17) is 4.74 Å². The molecular formula is C13H20O4S. The third-order valence-corrected chi connectivity index (χ3v) is 4.43. The third kappa shape index (κ3) is 3.71. The van der Waals surface area contributed by atoms with Gasteiger partial charge in [0.15, 0.2) is 9.84 Å². The van der Waals surface area contributed by atoms with Crippen molar-refractivity contribution in [3.63, 3.8) is 0 Å². The molecule has 1 aromatic rings. The largest absolute Gasteiger partial charge is 0.493 e. The number of benzene rings is 1. The standard InChI is InChI=1S/C13H20O4S/c1-4-9-17-12-8-6-5-7-11(12)13(14)10(2)18(3,15)16/h5-8,10,13-14H,4,9H2,1-3H3. The predicted molar refractivity (Wildman–Crippen MR) is 71.5 cm³/mol. The quantitative estimate of drug-likeness (QED) is 0.859. The number of aliphatic hydroxyl groups is 1. The second kappa shape index (κ2) is 6.20. The molecule has 0 saturated carbocycles. The van der Waals surface area contributed by atoms with Crippen LogP contribution >= 0.6 is 0 Å². The van der Waals surface area contributed by atoms with Crippen LogP contribution in [0, 0.1) is 0 Å². The lowest BCUT2D eigenvalue weighted by molar-refractivity contribution is 0.169. The minimum atomic E-state index is -3.29. The average Bonchev–Trinajstić information content (AvgIpc) is 2.33. The molecule has 0 aliphatic heterocycles. The topological polar surface area (TPSA) is 63.6 Å². The summed E-state index contributed by atoms with van der Waals surface area (Å²) in [5.74, 6) is 0.544. The van der Waals surface area contributed by atoms with E-state index in [1.54, 1.807) is 24.3 Å². The molecule has 0 spiro atoms. The number of rotatable bonds is 6. The second-order valence-corrected chi connectivity index (χ2v) is 6.77. The second-order valence-electron chi connectivity index (χ2n) is 4.37. The summed E-state index contributed by atoms with van der Waals surface area (Å²) in [5.41, 5.74) is 0.517. The molecule has 1 N–H and O–H groups in total. The first-order valence-electron chi connectivity index (χ1n) is 5.96. The summed E-state index contributed by atoms with van der Waals surface area (Å²) < 4.78 is 28.5. The number of hydrogen-bond donors (Lipinski definition) is 1. The Kier molecular flexibility index (Phi) is 5.16. The van der Waals surface area contributed by atoms with E-state index >= 15 is 0 Å². The van der Waals surface area contributed by atoms with Gasteiger partial charge in [-0.2, -0.15) is 0 Å². The maximum absolute atomic E-state index is 11.5. The van der Waals surface area contributed by atoms with Gasteiger partial charge in [-0.05, 0) is 19.4 Å². The van der Waals surface area contributed by atoms with Crippen molar-refractivity contribution < 1.29 is 18.3 Å². The molecule has 0 amide bonds. The Morgan fingerprint density at radius 1 is 1.33 bits per heavy atom. The Balaban J connectivity index is 3.01. The zero-order valence-corrected chi connectivity index (χ0v) is 11.8. The van der Waals surface area contributed by atoms with E-state index in [0.717, 1.165) is 12.7 Å². The molecule has 2 unspecified atom stereocenters. The average molecular weight is 272 g/mol. The van der Waals surface area contributed by atoms with E-state index in [1.165, 1.54) is 6.92 Å². The highest BCUT2D eigenvalue weighted by atomic mass is 32.2. The van der Waals surface area contributed by atoms with Gasteiger partial charge in [0, 0.05) is 11.8 Å². The Hall–Kier alpha value is -1.07. The first-order valence-corrected chi connectivity index (χ1v) is 7.92. The van der Waals surface area contributed by atoms with Crippen molar-refractivity contribution in [1.29, 1.82) is 0 Å². The Morgan fingerprint density at radius 3 is 2.50 bits per heavy atom. The van der Waals surface area contributed by atoms with Crippen molar-refractivity contribution in [2.24, 2.45) is 0 Å². The van der Waals surface area contributed by atoms with E-state index in [2.05, 4.69) is 0 Å². The van der Waals surface area contributed by atoms with E-state index < -0.39 is 21.2 Å². The summed E-state index contributed by atoms with van der Waals surface area (Å²) in [7, 11) is -3.29. The van der Waals surface area contributed by atoms with Crippen LogP contribution in [-0.4, -0.2) is 31.6 Å². The molecule has 0 fully saturated rings. The Morgan fingerprint density at radius 2 is 1.94 bits per heavy atom. The molecule has 0 heterocycles. The molecule has 0 aliphatic rings. The van der Waals surface area contributed by atoms with E-state index in [1.807, 2.05) is 6.92 Å². The molecule has 102 valence electrons. The normalized spacial score (nSPS) is 15.1. The minimum Gasteiger partial charge on any atom is -0.493 e. The zero-order valence-electron chi connectivity index (χ0n) is 11.0. The summed E-state index contributed by atoms with van der Waals surface area (Å²) in [6.07, 6.45) is 0.899. The molecule has 2 atom stereocenters. The van der Waals surface area contributed by atoms with Crippen molar-refractivity contribution in [1.82, 2.24) is 0 Å². The number of para-hydroxylation sites is 1. The lowest BCUT2D eigenvalue weighted by atomic mass is 10.1. The van der Waals surface area contributed by atoms with Crippen molar-refractivity contribution in [2.45, 2.75) is 31.6 Å². The SMILES string of the molecule is CCCOc1ccccc1C(O)C(C)S(C)(=O)=O. The van der Waals surface area contributed by atoms with Crippen molar-refractivity contribution in [2.75, 3.05) is 12.9 Å². The van der Waals surface area contributed by atoms with Crippen LogP contribution in [0.5, 0.6) is 5.75 Å². The predicted octanol–water partition coefficient (Wildman–Crippen LogP) is 1.94. The minimum absolute atomic E-state index is 0.517. The van der Waals surface area contributed by atoms with Crippen LogP contribution in [0.1, 0.15) is 31.9 Å². The first kappa shape index (κ1) is 15.0. The van der Waals surface area contributed by atoms with Gasteiger partial charge in [0.25, 0.3) is 0 Å². The molecule has 0 radical (unpaired) electrons. The van der Waals surface area contributed by atoms with Crippen LogP contribution < -0.4 is 4.74 Å². The molecule has 0 bridgehead atoms. The number of ether oxygens (including phenoxy) is 1. The highest BCUT2D eigenvalue weighted by Gasteiger charge is 2.27. The van der Waals surface area contributed by atoms with Crippen LogP contribution in [0.25, 0.3) is 0 Å². The van der Waals surface area contributed by atoms with Gasteiger partial charge in [0.1, 0.15) is 5.75 Å². The van der Waals surface area contributed by atoms with Crippen LogP contribution in [0.3, 0.4) is 0 Å². The van der Waals surface area contributed by atoms with Gasteiger partial charge in [-0.1, -0.05) is 25.1 Å². The Labute approximate surface area is 109 Å². The van der Waals surface area contributed by atoms with Crippen LogP contribution in [0.15, 0.2) is 24.3 Å². The van der Waals surface area contributed by atoms with E-state index in [9.17, 15) is 13.5 Å². The van der Waals surface area contributed by atoms with Crippen LogP contribution in [0.4, 0.5) is 0 Å². The smallest absolute Gasteiger partial charge is 0.152 e. The Bertz CT molecular complexity index is 482. The molecule has 4 nitrogen and oxygen atoms in total. The number of hydrogen-bond acceptors (Lipinski definition) is 4. The van der Waals surface area contributed by atoms with Crippen molar-refractivity contribution >= 4 is 9.84 Å². The van der Waals surface area contributed by atoms with Gasteiger partial charge in [-0.15, -0.1) is 0 Å². The number of sulfone groups is 1. The van der Waals surface area contributed by atoms with Crippen molar-refractivity contribution in [3.8, 4) is 5.75 Å². The summed E-state index contributed by atoms with van der Waals surface area (Å²) in [4.78, 5) is 0. The molecule has 1 aromatic carbocycles. The fourth-order valence-electron chi connectivity index (χ4n) is 1.56.